The number of halogens is 3. The van der Waals surface area contributed by atoms with Gasteiger partial charge < -0.3 is 9.47 Å². The van der Waals surface area contributed by atoms with Gasteiger partial charge in [0.1, 0.15) is 28.9 Å². The van der Waals surface area contributed by atoms with Gasteiger partial charge in [0, 0.05) is 38.8 Å². The highest BCUT2D eigenvalue weighted by atomic mass is 19.4. The normalized spacial score (nSPS) is 17.7. The van der Waals surface area contributed by atoms with Crippen molar-refractivity contribution in [2.24, 2.45) is 7.05 Å². The summed E-state index contributed by atoms with van der Waals surface area (Å²) in [5.41, 5.74) is 0.395. The highest BCUT2D eigenvalue weighted by molar-refractivity contribution is 5.92. The van der Waals surface area contributed by atoms with E-state index in [-0.39, 0.29) is 22.9 Å². The minimum absolute atomic E-state index is 0.0706. The molecule has 35 heavy (non-hydrogen) atoms. The molecule has 0 saturated carbocycles. The van der Waals surface area contributed by atoms with Crippen molar-refractivity contribution in [1.29, 1.82) is 10.5 Å². The molecule has 10 heteroatoms. The van der Waals surface area contributed by atoms with Gasteiger partial charge >= 0.3 is 6.18 Å². The van der Waals surface area contributed by atoms with Gasteiger partial charge in [-0.2, -0.15) is 23.7 Å². The van der Waals surface area contributed by atoms with Gasteiger partial charge in [-0.05, 0) is 37.6 Å². The molecule has 4 rings (SSSR count). The van der Waals surface area contributed by atoms with Crippen molar-refractivity contribution in [2.75, 3.05) is 24.5 Å². The average Bonchev–Trinajstić information content (AvgIpc) is 2.84. The number of hydrogen-bond acceptors (Lipinski definition) is 6. The number of piperazine rings is 1. The summed E-state index contributed by atoms with van der Waals surface area (Å²) in [4.78, 5) is 21.2. The predicted octanol–water partition coefficient (Wildman–Crippen LogP) is 3.97. The van der Waals surface area contributed by atoms with E-state index in [1.807, 2.05) is 28.9 Å². The monoisotopic (exact) mass is 480 g/mol. The number of fused-ring (bicyclic) bond motifs is 1. The Hall–Kier alpha value is -3.89. The van der Waals surface area contributed by atoms with Crippen molar-refractivity contribution >= 4 is 16.7 Å². The highest BCUT2D eigenvalue weighted by Crippen LogP contribution is 2.38. The van der Waals surface area contributed by atoms with Gasteiger partial charge in [-0.15, -0.1) is 0 Å². The van der Waals surface area contributed by atoms with Crippen molar-refractivity contribution in [3.05, 3.63) is 69.1 Å². The fourth-order valence-electron chi connectivity index (χ4n) is 4.91. The number of nitriles is 2. The third kappa shape index (κ3) is 4.22. The van der Waals surface area contributed by atoms with Crippen LogP contribution < -0.4 is 10.5 Å². The smallest absolute Gasteiger partial charge is 0.366 e. The molecule has 1 aliphatic heterocycles. The number of rotatable bonds is 3. The average molecular weight is 480 g/mol. The molecule has 1 saturated heterocycles. The Bertz CT molecular complexity index is 1430. The van der Waals surface area contributed by atoms with E-state index in [9.17, 15) is 28.5 Å². The fraction of sp³-hybridized carbons (Fsp3) is 0.360. The van der Waals surface area contributed by atoms with Crippen LogP contribution in [0.1, 0.15) is 42.3 Å². The lowest BCUT2D eigenvalue weighted by molar-refractivity contribution is -0.138. The Balaban J connectivity index is 1.73. The predicted molar refractivity (Wildman–Crippen MR) is 125 cm³/mol. The van der Waals surface area contributed by atoms with E-state index in [0.29, 0.717) is 36.4 Å². The Kier molecular flexibility index (Phi) is 6.27. The van der Waals surface area contributed by atoms with Crippen molar-refractivity contribution < 1.29 is 13.2 Å². The van der Waals surface area contributed by atoms with Crippen LogP contribution >= 0.6 is 0 Å². The molecule has 0 amide bonds. The molecule has 7 nitrogen and oxygen atoms in total. The lowest BCUT2D eigenvalue weighted by Crippen LogP contribution is -2.53. The van der Waals surface area contributed by atoms with Crippen molar-refractivity contribution in [2.45, 2.75) is 32.1 Å². The summed E-state index contributed by atoms with van der Waals surface area (Å²) in [6.45, 7) is 4.81. The lowest BCUT2D eigenvalue weighted by Gasteiger charge is -2.44. The molecule has 0 bridgehead atoms. The number of hydrogen-bond donors (Lipinski definition) is 0. The topological polar surface area (TPSA) is 89.0 Å². The second-order valence-electron chi connectivity index (χ2n) is 8.67. The van der Waals surface area contributed by atoms with Crippen LogP contribution in [-0.4, -0.2) is 40.1 Å². The third-order valence-electron chi connectivity index (χ3n) is 6.65. The van der Waals surface area contributed by atoms with Crippen LogP contribution in [0.4, 0.5) is 18.9 Å². The molecule has 2 aromatic heterocycles. The van der Waals surface area contributed by atoms with Crippen molar-refractivity contribution in [3.8, 4) is 12.1 Å². The van der Waals surface area contributed by atoms with E-state index in [2.05, 4.69) is 4.98 Å². The summed E-state index contributed by atoms with van der Waals surface area (Å²) < 4.78 is 42.1. The first-order chi connectivity index (χ1) is 16.6. The van der Waals surface area contributed by atoms with E-state index in [4.69, 9.17) is 0 Å². The van der Waals surface area contributed by atoms with Crippen LogP contribution in [0.25, 0.3) is 11.0 Å². The quantitative estimate of drug-likeness (QED) is 0.564. The van der Waals surface area contributed by atoms with Crippen molar-refractivity contribution in [1.82, 2.24) is 14.5 Å². The number of aryl methyl sites for hydroxylation is 1. The summed E-state index contributed by atoms with van der Waals surface area (Å²) >= 11 is 0. The maximum absolute atomic E-state index is 13.6. The molecule has 1 fully saturated rings. The number of pyridine rings is 2. The van der Waals surface area contributed by atoms with Crippen LogP contribution in [-0.2, 0) is 13.2 Å². The number of nitrogens with zero attached hydrogens (tertiary/aromatic N) is 6. The minimum atomic E-state index is -4.45. The maximum Gasteiger partial charge on any atom is 0.416 e. The van der Waals surface area contributed by atoms with Crippen LogP contribution in [0.5, 0.6) is 0 Å². The molecule has 0 radical (unpaired) electrons. The summed E-state index contributed by atoms with van der Waals surface area (Å²) in [5, 5.41) is 19.1. The second-order valence-corrected chi connectivity index (χ2v) is 8.67. The van der Waals surface area contributed by atoms with Crippen molar-refractivity contribution in [3.63, 3.8) is 0 Å². The van der Waals surface area contributed by atoms with E-state index in [1.54, 1.807) is 26.1 Å². The largest absolute Gasteiger partial charge is 0.416 e. The van der Waals surface area contributed by atoms with Gasteiger partial charge in [0.2, 0.25) is 0 Å². The van der Waals surface area contributed by atoms with Crippen LogP contribution in [0.3, 0.4) is 0 Å². The van der Waals surface area contributed by atoms with Gasteiger partial charge in [-0.3, -0.25) is 9.69 Å². The molecular weight excluding hydrogens is 457 g/mol. The second kappa shape index (κ2) is 9.05. The third-order valence-corrected chi connectivity index (χ3v) is 6.65. The Morgan fingerprint density at radius 3 is 2.46 bits per heavy atom. The molecule has 180 valence electrons. The van der Waals surface area contributed by atoms with Gasteiger partial charge in [-0.1, -0.05) is 18.2 Å². The number of anilines is 1. The molecule has 0 spiro atoms. The Labute approximate surface area is 200 Å². The number of alkyl halides is 3. The SMILES string of the molecule is CC(c1ccccc1C(F)(F)F)N1CCN(c2c(C#N)c(=O)n(C)c3ccc(C#N)nc23)C[C@H]1C. The van der Waals surface area contributed by atoms with E-state index < -0.39 is 23.3 Å². The van der Waals surface area contributed by atoms with Gasteiger partial charge in [0.15, 0.2) is 0 Å². The zero-order chi connectivity index (χ0) is 25.5. The molecule has 1 unspecified atom stereocenters. The standard InChI is InChI=1S/C25H23F3N6O/c1-15-14-33(10-11-34(15)16(2)18-6-4-5-7-20(18)25(26,27)28)23-19(13-30)24(35)32(3)21-9-8-17(12-29)31-22(21)23/h4-9,15-16H,10-11,14H2,1-3H3/t15-,16?/m1/s1. The summed E-state index contributed by atoms with van der Waals surface area (Å²) in [6.07, 6.45) is -4.45. The van der Waals surface area contributed by atoms with E-state index >= 15 is 0 Å². The lowest BCUT2D eigenvalue weighted by atomic mass is 9.97. The first-order valence-corrected chi connectivity index (χ1v) is 11.1. The molecular formula is C25H23F3N6O. The molecule has 1 aliphatic rings. The van der Waals surface area contributed by atoms with Gasteiger partial charge in [-0.25, -0.2) is 4.98 Å². The maximum atomic E-state index is 13.6. The first-order valence-electron chi connectivity index (χ1n) is 11.1. The molecule has 0 aliphatic carbocycles. The number of benzene rings is 1. The summed E-state index contributed by atoms with van der Waals surface area (Å²) in [6, 6.07) is 12.0. The Morgan fingerprint density at radius 2 is 1.83 bits per heavy atom. The fourth-order valence-corrected chi connectivity index (χ4v) is 4.91. The summed E-state index contributed by atoms with van der Waals surface area (Å²) in [5.74, 6) is 0. The highest BCUT2D eigenvalue weighted by Gasteiger charge is 2.37. The Morgan fingerprint density at radius 1 is 1.11 bits per heavy atom. The van der Waals surface area contributed by atoms with Gasteiger partial charge in [0.25, 0.3) is 5.56 Å². The van der Waals surface area contributed by atoms with E-state index in [0.717, 1.165) is 6.07 Å². The van der Waals surface area contributed by atoms with Crippen LogP contribution in [0.15, 0.2) is 41.2 Å². The molecule has 3 heterocycles. The van der Waals surface area contributed by atoms with Crippen LogP contribution in [0.2, 0.25) is 0 Å². The molecule has 1 aromatic carbocycles. The molecule has 2 atom stereocenters. The molecule has 0 N–H and O–H groups in total. The minimum Gasteiger partial charge on any atom is -0.366 e. The van der Waals surface area contributed by atoms with Crippen LogP contribution in [0, 0.1) is 22.7 Å². The zero-order valence-corrected chi connectivity index (χ0v) is 19.5. The first kappa shape index (κ1) is 24.2. The zero-order valence-electron chi connectivity index (χ0n) is 19.5. The van der Waals surface area contributed by atoms with E-state index in [1.165, 1.54) is 22.8 Å². The molecule has 3 aromatic rings. The van der Waals surface area contributed by atoms with Gasteiger partial charge in [0.05, 0.1) is 16.8 Å². The summed E-state index contributed by atoms with van der Waals surface area (Å²) in [7, 11) is 1.54. The number of aromatic nitrogens is 2.